The summed E-state index contributed by atoms with van der Waals surface area (Å²) in [5.41, 5.74) is 1.98. The zero-order valence-electron chi connectivity index (χ0n) is 12.6. The lowest BCUT2D eigenvalue weighted by Gasteiger charge is -2.38. The van der Waals surface area contributed by atoms with E-state index in [9.17, 15) is 10.1 Å². The molecule has 2 aliphatic rings. The molecule has 1 atom stereocenters. The molecule has 2 heterocycles. The maximum absolute atomic E-state index is 11.3. The van der Waals surface area contributed by atoms with Gasteiger partial charge in [-0.05, 0) is 57.3 Å². The minimum absolute atomic E-state index is 0.247. The van der Waals surface area contributed by atoms with Crippen LogP contribution in [0.25, 0.3) is 0 Å². The predicted octanol–water partition coefficient (Wildman–Crippen LogP) is 2.97. The third-order valence-corrected chi connectivity index (χ3v) is 4.72. The van der Waals surface area contributed by atoms with Crippen LogP contribution in [0.15, 0.2) is 18.2 Å². The van der Waals surface area contributed by atoms with Gasteiger partial charge in [-0.25, -0.2) is 0 Å². The molecular formula is C16H23N3O2. The van der Waals surface area contributed by atoms with Crippen molar-refractivity contribution in [1.82, 2.24) is 4.90 Å². The van der Waals surface area contributed by atoms with Gasteiger partial charge in [0.1, 0.15) is 5.69 Å². The Balaban J connectivity index is 1.81. The molecule has 1 unspecified atom stereocenters. The van der Waals surface area contributed by atoms with E-state index in [2.05, 4.69) is 9.80 Å². The van der Waals surface area contributed by atoms with E-state index < -0.39 is 0 Å². The molecule has 0 amide bonds. The summed E-state index contributed by atoms with van der Waals surface area (Å²) in [4.78, 5) is 15.8. The van der Waals surface area contributed by atoms with Crippen molar-refractivity contribution < 1.29 is 4.92 Å². The van der Waals surface area contributed by atoms with Crippen molar-refractivity contribution in [1.29, 1.82) is 0 Å². The molecule has 0 radical (unpaired) electrons. The number of nitro benzene ring substituents is 1. The van der Waals surface area contributed by atoms with Gasteiger partial charge in [-0.15, -0.1) is 0 Å². The van der Waals surface area contributed by atoms with Gasteiger partial charge in [0.05, 0.1) is 4.92 Å². The summed E-state index contributed by atoms with van der Waals surface area (Å²) in [6.07, 6.45) is 4.92. The van der Waals surface area contributed by atoms with Gasteiger partial charge >= 0.3 is 0 Å². The van der Waals surface area contributed by atoms with E-state index in [4.69, 9.17) is 0 Å². The Bertz CT molecular complexity index is 526. The Hall–Kier alpha value is -1.62. The van der Waals surface area contributed by atoms with Crippen LogP contribution in [-0.2, 0) is 0 Å². The topological polar surface area (TPSA) is 49.6 Å². The van der Waals surface area contributed by atoms with Gasteiger partial charge in [0.2, 0.25) is 0 Å². The first-order chi connectivity index (χ1) is 10.1. The fourth-order valence-corrected chi connectivity index (χ4v) is 3.63. The van der Waals surface area contributed by atoms with Crippen molar-refractivity contribution in [2.24, 2.45) is 0 Å². The Labute approximate surface area is 125 Å². The van der Waals surface area contributed by atoms with Crippen LogP contribution in [0.4, 0.5) is 11.4 Å². The van der Waals surface area contributed by atoms with E-state index in [1.54, 1.807) is 6.07 Å². The maximum atomic E-state index is 11.3. The van der Waals surface area contributed by atoms with E-state index in [0.29, 0.717) is 6.04 Å². The van der Waals surface area contributed by atoms with Crippen molar-refractivity contribution in [3.05, 3.63) is 33.9 Å². The fourth-order valence-electron chi connectivity index (χ4n) is 3.63. The molecule has 0 saturated carbocycles. The number of hydrogen-bond acceptors (Lipinski definition) is 4. The molecule has 5 nitrogen and oxygen atoms in total. The van der Waals surface area contributed by atoms with E-state index >= 15 is 0 Å². The molecule has 1 aromatic rings. The second kappa shape index (κ2) is 6.02. The molecule has 21 heavy (non-hydrogen) atoms. The standard InChI is InChI=1S/C16H23N3O2/c1-13-6-7-15(16(11-13)19(20)21)18-10-4-5-14(12-18)17-8-2-3-9-17/h6-7,11,14H,2-5,8-10,12H2,1H3. The quantitative estimate of drug-likeness (QED) is 0.634. The number of nitro groups is 1. The first kappa shape index (κ1) is 14.3. The second-order valence-corrected chi connectivity index (χ2v) is 6.23. The molecule has 0 spiro atoms. The zero-order chi connectivity index (χ0) is 14.8. The van der Waals surface area contributed by atoms with Crippen LogP contribution in [0.3, 0.4) is 0 Å². The molecular weight excluding hydrogens is 266 g/mol. The zero-order valence-corrected chi connectivity index (χ0v) is 12.6. The minimum Gasteiger partial charge on any atom is -0.364 e. The smallest absolute Gasteiger partial charge is 0.292 e. The highest BCUT2D eigenvalue weighted by molar-refractivity contribution is 5.64. The van der Waals surface area contributed by atoms with Crippen LogP contribution in [0, 0.1) is 17.0 Å². The lowest BCUT2D eigenvalue weighted by atomic mass is 10.0. The molecule has 1 aromatic carbocycles. The molecule has 0 N–H and O–H groups in total. The van der Waals surface area contributed by atoms with Crippen LogP contribution >= 0.6 is 0 Å². The van der Waals surface area contributed by atoms with Crippen LogP contribution in [0.5, 0.6) is 0 Å². The molecule has 2 fully saturated rings. The van der Waals surface area contributed by atoms with Gasteiger partial charge in [-0.3, -0.25) is 15.0 Å². The summed E-state index contributed by atoms with van der Waals surface area (Å²) in [6, 6.07) is 6.14. The molecule has 2 saturated heterocycles. The predicted molar refractivity (Wildman–Crippen MR) is 83.9 cm³/mol. The number of hydrogen-bond donors (Lipinski definition) is 0. The third-order valence-electron chi connectivity index (χ3n) is 4.72. The van der Waals surface area contributed by atoms with Crippen LogP contribution in [-0.4, -0.2) is 42.0 Å². The number of rotatable bonds is 3. The summed E-state index contributed by atoms with van der Waals surface area (Å²) in [7, 11) is 0. The second-order valence-electron chi connectivity index (χ2n) is 6.23. The Morgan fingerprint density at radius 3 is 2.67 bits per heavy atom. The van der Waals surface area contributed by atoms with Crippen LogP contribution < -0.4 is 4.90 Å². The van der Waals surface area contributed by atoms with Crippen molar-refractivity contribution in [3.63, 3.8) is 0 Å². The summed E-state index contributed by atoms with van der Waals surface area (Å²) in [5, 5.41) is 11.3. The van der Waals surface area contributed by atoms with Crippen LogP contribution in [0.1, 0.15) is 31.2 Å². The molecule has 5 heteroatoms. The highest BCUT2D eigenvalue weighted by atomic mass is 16.6. The Morgan fingerprint density at radius 2 is 1.95 bits per heavy atom. The van der Waals surface area contributed by atoms with E-state index in [-0.39, 0.29) is 10.6 Å². The average molecular weight is 289 g/mol. The summed E-state index contributed by atoms with van der Waals surface area (Å²) in [5.74, 6) is 0. The number of benzene rings is 1. The highest BCUT2D eigenvalue weighted by Crippen LogP contribution is 2.32. The first-order valence-corrected chi connectivity index (χ1v) is 7.89. The summed E-state index contributed by atoms with van der Waals surface area (Å²) in [6.45, 7) is 6.13. The van der Waals surface area contributed by atoms with Crippen molar-refractivity contribution >= 4 is 11.4 Å². The first-order valence-electron chi connectivity index (χ1n) is 7.89. The monoisotopic (exact) mass is 289 g/mol. The maximum Gasteiger partial charge on any atom is 0.292 e. The summed E-state index contributed by atoms with van der Waals surface area (Å²) < 4.78 is 0. The summed E-state index contributed by atoms with van der Waals surface area (Å²) >= 11 is 0. The number of piperidine rings is 1. The van der Waals surface area contributed by atoms with Crippen molar-refractivity contribution in [2.45, 2.75) is 38.6 Å². The largest absolute Gasteiger partial charge is 0.364 e. The fraction of sp³-hybridized carbons (Fsp3) is 0.625. The molecule has 114 valence electrons. The molecule has 0 aliphatic carbocycles. The van der Waals surface area contributed by atoms with Crippen LogP contribution in [0.2, 0.25) is 0 Å². The Kier molecular flexibility index (Phi) is 4.10. The average Bonchev–Trinajstić information content (AvgIpc) is 3.01. The molecule has 0 bridgehead atoms. The molecule has 3 rings (SSSR count). The van der Waals surface area contributed by atoms with Gasteiger partial charge in [0.25, 0.3) is 5.69 Å². The van der Waals surface area contributed by atoms with Gasteiger partial charge in [-0.2, -0.15) is 0 Å². The van der Waals surface area contributed by atoms with E-state index in [0.717, 1.165) is 30.8 Å². The number of anilines is 1. The van der Waals surface area contributed by atoms with Crippen molar-refractivity contribution in [2.75, 3.05) is 31.1 Å². The van der Waals surface area contributed by atoms with E-state index in [1.807, 2.05) is 19.1 Å². The Morgan fingerprint density at radius 1 is 1.19 bits per heavy atom. The van der Waals surface area contributed by atoms with Gasteiger partial charge in [-0.1, -0.05) is 6.07 Å². The lowest BCUT2D eigenvalue weighted by Crippen LogP contribution is -2.47. The van der Waals surface area contributed by atoms with E-state index in [1.165, 1.54) is 32.4 Å². The highest BCUT2D eigenvalue weighted by Gasteiger charge is 2.29. The molecule has 0 aromatic heterocycles. The SMILES string of the molecule is Cc1ccc(N2CCCC(N3CCCC3)C2)c([N+](=O)[O-])c1. The normalized spacial score (nSPS) is 23.5. The minimum atomic E-state index is -0.248. The van der Waals surface area contributed by atoms with Gasteiger partial charge in [0, 0.05) is 25.2 Å². The number of nitrogens with zero attached hydrogens (tertiary/aromatic N) is 3. The van der Waals surface area contributed by atoms with Gasteiger partial charge < -0.3 is 4.90 Å². The lowest BCUT2D eigenvalue weighted by molar-refractivity contribution is -0.384. The third kappa shape index (κ3) is 3.02. The molecule has 2 aliphatic heterocycles. The van der Waals surface area contributed by atoms with Gasteiger partial charge in [0.15, 0.2) is 0 Å². The number of likely N-dealkylation sites (tertiary alicyclic amines) is 1. The van der Waals surface area contributed by atoms with Crippen molar-refractivity contribution in [3.8, 4) is 0 Å². The number of aryl methyl sites for hydroxylation is 1.